The van der Waals surface area contributed by atoms with E-state index < -0.39 is 73.4 Å². The number of nitriles is 2. The van der Waals surface area contributed by atoms with E-state index in [1.165, 1.54) is 0 Å². The number of Topliss-reactive ketones (excluding diaryl/α,β-unsaturated/α-hetero) is 1. The van der Waals surface area contributed by atoms with Gasteiger partial charge in [0, 0.05) is 39.4 Å². The van der Waals surface area contributed by atoms with Gasteiger partial charge in [-0.15, -0.1) is 12.4 Å². The van der Waals surface area contributed by atoms with Gasteiger partial charge in [0.1, 0.15) is 68.3 Å². The number of amidine groups is 2. The van der Waals surface area contributed by atoms with E-state index in [-0.39, 0.29) is 95.8 Å². The lowest BCUT2D eigenvalue weighted by molar-refractivity contribution is -0.123. The third-order valence-corrected chi connectivity index (χ3v) is 22.1. The molecule has 36 nitrogen and oxygen atoms in total. The summed E-state index contributed by atoms with van der Waals surface area (Å²) in [5.41, 5.74) is 15.2. The predicted octanol–water partition coefficient (Wildman–Crippen LogP) is 17.6. The minimum absolute atomic E-state index is 0. The second-order valence-electron chi connectivity index (χ2n) is 42.1. The highest BCUT2D eigenvalue weighted by Gasteiger charge is 2.50. The number of aromatic amines is 1. The number of oxime groups is 1. The zero-order valence-electron chi connectivity index (χ0n) is 87.4. The van der Waals surface area contributed by atoms with Crippen molar-refractivity contribution < 1.29 is 104 Å². The SMILES string of the molecule is CC(C)(C)C(=O)CBr.CC(C)(C)OC(=O)N1[C@@H](Cc2ccc(-c3ncc(C(C)(C)C)[nH]3)cc2)COC1(C)C.CC(C)(C)OC(=O)N1[C@@H](Cc2ccc(C#N)cc2)COC1(C)C.CC(C)(C)OC(=O)N1[C@@H](Cc2ccc(C(=N)N)cc2)COC1(C)C.CC(C)(C)OC(=O)N1[C@@H](Cc2ccc(C(N)=NO)cc2)COC1(C)C.CC(C)(C)OC(=O)N[C@H](CO)Cc1ccc(C#N)cc1.COS(=O)(=O)OC.Cl.NO. The van der Waals surface area contributed by atoms with Crippen LogP contribution in [0.2, 0.25) is 0 Å². The lowest BCUT2D eigenvalue weighted by Crippen LogP contribution is -2.50. The number of ketones is 1. The maximum absolute atomic E-state index is 12.8. The van der Waals surface area contributed by atoms with E-state index in [0.29, 0.717) is 86.1 Å². The second kappa shape index (κ2) is 53.5. The fraction of sp³-hybridized carbons (Fsp3) is 0.574. The van der Waals surface area contributed by atoms with Crippen LogP contribution in [0.25, 0.3) is 11.4 Å². The molecule has 4 aliphatic rings. The number of carbonyl (C=O) groups excluding carboxylic acids is 6. The smallest absolute Gasteiger partial charge is 0.412 e. The van der Waals surface area contributed by atoms with Crippen LogP contribution >= 0.6 is 28.3 Å². The highest BCUT2D eigenvalue weighted by atomic mass is 79.9. The first-order chi connectivity index (χ1) is 63.8. The molecule has 0 aliphatic carbocycles. The van der Waals surface area contributed by atoms with Crippen LogP contribution in [0, 0.1) is 33.5 Å². The average molecular weight is 2060 g/mol. The minimum atomic E-state index is -3.66. The highest BCUT2D eigenvalue weighted by molar-refractivity contribution is 9.09. The molecular weight excluding hydrogens is 1910 g/mol. The van der Waals surface area contributed by atoms with E-state index in [9.17, 15) is 42.3 Å². The summed E-state index contributed by atoms with van der Waals surface area (Å²) >= 11 is 3.10. The first kappa shape index (κ1) is 125. The number of nitrogens with zero attached hydrogens (tertiary/aromatic N) is 8. The number of hydrogen-bond donors (Lipinski definition) is 9. The number of aliphatic hydroxyl groups excluding tert-OH is 1. The van der Waals surface area contributed by atoms with Crippen LogP contribution in [-0.2, 0) is 104 Å². The Labute approximate surface area is 843 Å². The Morgan fingerprint density at radius 3 is 1.03 bits per heavy atom. The van der Waals surface area contributed by atoms with E-state index in [1.54, 1.807) is 88.9 Å². The number of alkyl carbamates (subject to hydrolysis) is 1. The number of imidazole rings is 1. The maximum Gasteiger partial charge on any atom is 0.412 e. The van der Waals surface area contributed by atoms with E-state index in [1.807, 2.05) is 220 Å². The molecule has 0 spiro atoms. The molecule has 5 aromatic carbocycles. The molecule has 5 amide bonds. The third kappa shape index (κ3) is 43.1. The number of hydrogen-bond acceptors (Lipinski definition) is 28. The summed E-state index contributed by atoms with van der Waals surface area (Å²) < 4.78 is 78.2. The summed E-state index contributed by atoms with van der Waals surface area (Å²) in [6, 6.07) is 40.9. The average Bonchev–Trinajstić information content (AvgIpc) is 1.65. The Bertz CT molecular complexity index is 5160. The van der Waals surface area contributed by atoms with Gasteiger partial charge < -0.3 is 79.9 Å². The first-order valence-electron chi connectivity index (χ1n) is 45.5. The quantitative estimate of drug-likeness (QED) is 0.00963. The number of nitrogens with one attached hydrogen (secondary N) is 3. The summed E-state index contributed by atoms with van der Waals surface area (Å²) in [4.78, 5) is 87.7. The molecule has 140 heavy (non-hydrogen) atoms. The van der Waals surface area contributed by atoms with Crippen LogP contribution in [0.1, 0.15) is 257 Å². The topological polar surface area (TPSA) is 514 Å². The van der Waals surface area contributed by atoms with E-state index in [2.05, 4.69) is 102 Å². The van der Waals surface area contributed by atoms with Gasteiger partial charge >= 0.3 is 40.9 Å². The van der Waals surface area contributed by atoms with Gasteiger partial charge in [-0.3, -0.25) is 38.2 Å². The van der Waals surface area contributed by atoms with Crippen LogP contribution in [0.5, 0.6) is 0 Å². The number of benzene rings is 5. The fourth-order valence-corrected chi connectivity index (χ4v) is 14.9. The molecule has 1 aromatic heterocycles. The van der Waals surface area contributed by atoms with Crippen LogP contribution in [-0.4, -0.2) is 235 Å². The van der Waals surface area contributed by atoms with Gasteiger partial charge in [-0.05, 0) is 243 Å². The fourth-order valence-electron chi connectivity index (χ4n) is 13.9. The Morgan fingerprint density at radius 1 is 0.514 bits per heavy atom. The largest absolute Gasteiger partial charge is 0.444 e. The number of halogens is 2. The molecule has 5 atom stereocenters. The van der Waals surface area contributed by atoms with Gasteiger partial charge in [0.2, 0.25) is 0 Å². The summed E-state index contributed by atoms with van der Waals surface area (Å²) in [5, 5.41) is 55.6. The van der Waals surface area contributed by atoms with Gasteiger partial charge in [0.25, 0.3) is 0 Å². The molecule has 4 saturated heterocycles. The minimum Gasteiger partial charge on any atom is -0.444 e. The zero-order valence-corrected chi connectivity index (χ0v) is 90.6. The van der Waals surface area contributed by atoms with E-state index >= 15 is 0 Å². The molecule has 4 fully saturated rings. The van der Waals surface area contributed by atoms with Gasteiger partial charge in [-0.25, -0.2) is 34.9 Å². The summed E-state index contributed by atoms with van der Waals surface area (Å²) in [6.07, 6.45) is 3.02. The summed E-state index contributed by atoms with van der Waals surface area (Å²) in [7, 11) is -1.60. The van der Waals surface area contributed by atoms with Crippen molar-refractivity contribution in [2.24, 2.45) is 27.9 Å². The summed E-state index contributed by atoms with van der Waals surface area (Å²) in [5.74, 6) is 4.72. The standard InChI is InChI=1S/C24H35N3O3.C18H27N3O4.C18H27N3O3.C18H24N2O3.C15H20N2O3.C6H11BrO.C2H6O4S.ClH.H3NO/c1-22(2,3)19-14-25-20(26-19)17-11-9-16(10-12-17)13-18-15-29-24(7,8)27(18)21(28)30-23(4,5)6;1-17(2,3)25-16(22)21-14(11-24-18(21,4)5)10-12-6-8-13(9-7-12)15(19)20-23;1-17(2,3)24-16(22)21-14(11-23-18(21,4)5)10-12-6-8-13(9-7-12)15(19)20;1-17(2,3)23-16(21)20-15(12-22-18(20,4)5)10-13-6-8-14(11-19)9-7-13;1-15(2,3)20-14(19)17-13(10-18)8-11-4-6-12(9-16)7-5-11;1-6(2,3)5(8)4-7;1-5-7(3,4)6-2;;1-2/h9-12,14,18H,13,15H2,1-8H3,(H,25,26);6-9,14,23H,10-11H2,1-5H3,(H2,19,20);6-9,14H,10-11H2,1-5H3,(H3,19,20);6-9,15H,10,12H2,1-5H3;4-7,13,18H,8,10H2,1-3H3,(H,17,19);4H2,1-3H3;1-2H3;1H;2H,1H2/t18-;2*14-;15-;13-;;;;/m00000..../s1. The number of ether oxygens (including phenoxy) is 9. The molecule has 0 bridgehead atoms. The van der Waals surface area contributed by atoms with Crippen molar-refractivity contribution in [2.45, 2.75) is 319 Å². The molecule has 0 unspecified atom stereocenters. The van der Waals surface area contributed by atoms with Crippen molar-refractivity contribution in [1.82, 2.24) is 34.9 Å². The van der Waals surface area contributed by atoms with Crippen molar-refractivity contribution in [1.29, 1.82) is 15.9 Å². The lowest BCUT2D eigenvalue weighted by Gasteiger charge is -2.35. The Morgan fingerprint density at radius 2 is 0.800 bits per heavy atom. The Hall–Kier alpha value is -10.6. The number of H-pyrrole nitrogens is 1. The molecule has 39 heteroatoms. The van der Waals surface area contributed by atoms with Crippen LogP contribution in [0.4, 0.5) is 24.0 Å². The molecule has 4 aliphatic heterocycles. The molecule has 6 aromatic rings. The van der Waals surface area contributed by atoms with Gasteiger partial charge in [-0.1, -0.05) is 160 Å². The van der Waals surface area contributed by atoms with Crippen LogP contribution < -0.4 is 22.7 Å². The molecule has 12 N–H and O–H groups in total. The van der Waals surface area contributed by atoms with E-state index in [4.69, 9.17) is 80.4 Å². The van der Waals surface area contributed by atoms with E-state index in [0.717, 1.165) is 59.1 Å². The maximum atomic E-state index is 12.8. The van der Waals surface area contributed by atoms with Crippen molar-refractivity contribution >= 4 is 86.7 Å². The van der Waals surface area contributed by atoms with Crippen LogP contribution in [0.15, 0.2) is 133 Å². The van der Waals surface area contributed by atoms with Gasteiger partial charge in [0.05, 0.1) is 106 Å². The number of nitrogen functional groups attached to an aromatic ring is 1. The van der Waals surface area contributed by atoms with Gasteiger partial charge in [-0.2, -0.15) is 18.9 Å². The Kier molecular flexibility index (Phi) is 47.9. The molecule has 10 rings (SSSR count). The number of nitrogens with two attached hydrogens (primary N) is 3. The van der Waals surface area contributed by atoms with Gasteiger partial charge in [0.15, 0.2) is 5.84 Å². The Balaban J connectivity index is 0.000000569. The normalized spacial score (nSPS) is 17.6. The number of aromatic nitrogens is 2. The predicted molar refractivity (Wildman–Crippen MR) is 542 cm³/mol. The second-order valence-corrected chi connectivity index (χ2v) is 44.2. The van der Waals surface area contributed by atoms with Crippen molar-refractivity contribution in [3.05, 3.63) is 183 Å². The third-order valence-electron chi connectivity index (χ3n) is 20.7. The molecule has 5 heterocycles. The first-order valence-corrected chi connectivity index (χ1v) is 47.9. The van der Waals surface area contributed by atoms with Crippen molar-refractivity contribution in [3.8, 4) is 23.5 Å². The summed E-state index contributed by atoms with van der Waals surface area (Å²) in [6.45, 7) is 56.5. The lowest BCUT2D eigenvalue weighted by atomic mass is 9.92. The highest BCUT2D eigenvalue weighted by Crippen LogP contribution is 2.37. The number of amides is 5. The zero-order chi connectivity index (χ0) is 106. The number of carbonyl (C=O) groups is 6. The molecule has 0 radical (unpaired) electrons. The number of rotatable bonds is 18. The van der Waals surface area contributed by atoms with Crippen molar-refractivity contribution in [2.75, 3.05) is 52.6 Å². The molecular formula is C101H154BrClN14O22S. The van der Waals surface area contributed by atoms with Crippen molar-refractivity contribution in [3.63, 3.8) is 0 Å². The molecule has 780 valence electrons. The molecule has 0 saturated carbocycles. The number of aliphatic hydroxyl groups is 1. The van der Waals surface area contributed by atoms with Crippen LogP contribution in [0.3, 0.4) is 0 Å². The number of alkyl halides is 1. The monoisotopic (exact) mass is 2060 g/mol.